The molecule has 162 valence electrons. The highest BCUT2D eigenvalue weighted by Gasteiger charge is 2.48. The van der Waals surface area contributed by atoms with Crippen molar-refractivity contribution >= 4 is 5.78 Å². The molecule has 1 aromatic rings. The molecule has 30 heavy (non-hydrogen) atoms. The van der Waals surface area contributed by atoms with Crippen LogP contribution in [-0.4, -0.2) is 65.1 Å². The molecule has 2 unspecified atom stereocenters. The first-order valence-corrected chi connectivity index (χ1v) is 8.98. The predicted molar refractivity (Wildman–Crippen MR) is 104 cm³/mol. The highest BCUT2D eigenvalue weighted by molar-refractivity contribution is 6.09. The standard InChI is InChI=1S/C21H24O9/c1-24-16-9-13-8-15(23)17(16)14(22)7-6-12-10-21(28-5,30-11-29-13)20(27-4)19(26-3)18(12)25-2/h6-10,20,23H,11H2,1-5H3/b7-6-. The average Bonchev–Trinajstić information content (AvgIpc) is 2.76. The van der Waals surface area contributed by atoms with Gasteiger partial charge in [-0.05, 0) is 18.2 Å². The molecule has 0 saturated heterocycles. The van der Waals surface area contributed by atoms with Crippen molar-refractivity contribution in [2.45, 2.75) is 11.9 Å². The maximum Gasteiger partial charge on any atom is 0.226 e. The number of aromatic hydroxyl groups is 1. The molecule has 0 fully saturated rings. The number of fused-ring (bicyclic) bond motifs is 5. The van der Waals surface area contributed by atoms with E-state index in [1.54, 1.807) is 6.08 Å². The molecule has 2 heterocycles. The normalized spacial score (nSPS) is 24.8. The van der Waals surface area contributed by atoms with Gasteiger partial charge in [0.25, 0.3) is 0 Å². The zero-order valence-electron chi connectivity index (χ0n) is 17.4. The third-order valence-corrected chi connectivity index (χ3v) is 4.87. The van der Waals surface area contributed by atoms with Gasteiger partial charge in [0.1, 0.15) is 22.8 Å². The number of ether oxygens (including phenoxy) is 7. The Morgan fingerprint density at radius 1 is 1.07 bits per heavy atom. The summed E-state index contributed by atoms with van der Waals surface area (Å²) in [7, 11) is 7.24. The van der Waals surface area contributed by atoms with Crippen LogP contribution in [0.15, 0.2) is 47.5 Å². The second-order valence-electron chi connectivity index (χ2n) is 6.37. The van der Waals surface area contributed by atoms with Crippen molar-refractivity contribution in [2.24, 2.45) is 0 Å². The van der Waals surface area contributed by atoms with E-state index in [0.29, 0.717) is 17.1 Å². The molecule has 1 aliphatic carbocycles. The minimum atomic E-state index is -1.44. The Morgan fingerprint density at radius 2 is 1.83 bits per heavy atom. The predicted octanol–water partition coefficient (Wildman–Crippen LogP) is 2.31. The number of carbonyl (C=O) groups excluding carboxylic acids is 1. The van der Waals surface area contributed by atoms with Crippen molar-refractivity contribution in [3.63, 3.8) is 0 Å². The van der Waals surface area contributed by atoms with Gasteiger partial charge in [-0.1, -0.05) is 0 Å². The molecule has 3 aliphatic rings. The summed E-state index contributed by atoms with van der Waals surface area (Å²) in [6, 6.07) is 2.79. The van der Waals surface area contributed by atoms with E-state index >= 15 is 0 Å². The lowest BCUT2D eigenvalue weighted by atomic mass is 9.93. The second-order valence-corrected chi connectivity index (χ2v) is 6.37. The van der Waals surface area contributed by atoms with Crippen molar-refractivity contribution in [1.29, 1.82) is 0 Å². The van der Waals surface area contributed by atoms with E-state index in [2.05, 4.69) is 0 Å². The number of rotatable bonds is 5. The Labute approximate surface area is 174 Å². The summed E-state index contributed by atoms with van der Waals surface area (Å²) < 4.78 is 39.1. The van der Waals surface area contributed by atoms with Crippen molar-refractivity contribution in [3.05, 3.63) is 53.0 Å². The van der Waals surface area contributed by atoms with E-state index in [9.17, 15) is 9.90 Å². The number of ketones is 1. The SMILES string of the molecule is COC1=C(OC)C(OC)C2(OC)C=C1/C=C\C(=O)c1c(O)cc(cc1OC)OCO2. The molecule has 0 saturated carbocycles. The van der Waals surface area contributed by atoms with Crippen LogP contribution in [0.25, 0.3) is 0 Å². The molecule has 4 rings (SSSR count). The minimum absolute atomic E-state index is 0.000332. The van der Waals surface area contributed by atoms with Gasteiger partial charge in [0, 0.05) is 31.9 Å². The van der Waals surface area contributed by atoms with E-state index in [4.69, 9.17) is 33.2 Å². The highest BCUT2D eigenvalue weighted by Crippen LogP contribution is 2.40. The monoisotopic (exact) mass is 420 g/mol. The quantitative estimate of drug-likeness (QED) is 0.769. The first kappa shape index (κ1) is 21.7. The Kier molecular flexibility index (Phi) is 6.35. The number of benzene rings is 1. The van der Waals surface area contributed by atoms with Gasteiger partial charge in [-0.3, -0.25) is 4.79 Å². The lowest BCUT2D eigenvalue weighted by molar-refractivity contribution is -0.265. The molecule has 0 amide bonds. The zero-order valence-corrected chi connectivity index (χ0v) is 17.4. The van der Waals surface area contributed by atoms with E-state index in [-0.39, 0.29) is 29.6 Å². The molecule has 0 spiro atoms. The number of phenols is 1. The zero-order chi connectivity index (χ0) is 21.9. The van der Waals surface area contributed by atoms with Gasteiger partial charge in [0.05, 0.1) is 21.3 Å². The summed E-state index contributed by atoms with van der Waals surface area (Å²) in [5, 5.41) is 10.4. The van der Waals surface area contributed by atoms with Crippen molar-refractivity contribution in [3.8, 4) is 17.2 Å². The Hall–Kier alpha value is -3.01. The maximum atomic E-state index is 12.8. The highest BCUT2D eigenvalue weighted by atomic mass is 16.8. The molecule has 1 aromatic carbocycles. The van der Waals surface area contributed by atoms with Gasteiger partial charge in [-0.15, -0.1) is 0 Å². The van der Waals surface area contributed by atoms with Gasteiger partial charge >= 0.3 is 0 Å². The van der Waals surface area contributed by atoms with Crippen molar-refractivity contribution < 1.29 is 43.1 Å². The van der Waals surface area contributed by atoms with Crippen LogP contribution in [0.1, 0.15) is 10.4 Å². The van der Waals surface area contributed by atoms with Gasteiger partial charge in [-0.25, -0.2) is 0 Å². The number of carbonyl (C=O) groups is 1. The largest absolute Gasteiger partial charge is 0.507 e. The lowest BCUT2D eigenvalue weighted by Crippen LogP contribution is -2.50. The van der Waals surface area contributed by atoms with Crippen LogP contribution in [0.4, 0.5) is 0 Å². The lowest BCUT2D eigenvalue weighted by Gasteiger charge is -2.39. The first-order valence-electron chi connectivity index (χ1n) is 8.98. The summed E-state index contributed by atoms with van der Waals surface area (Å²) >= 11 is 0. The number of hydrogen-bond acceptors (Lipinski definition) is 9. The Morgan fingerprint density at radius 3 is 2.43 bits per heavy atom. The number of allylic oxidation sites excluding steroid dienone is 2. The summed E-state index contributed by atoms with van der Waals surface area (Å²) in [6.07, 6.45) is 3.58. The molecule has 9 nitrogen and oxygen atoms in total. The summed E-state index contributed by atoms with van der Waals surface area (Å²) in [4.78, 5) is 12.8. The van der Waals surface area contributed by atoms with Crippen molar-refractivity contribution in [1.82, 2.24) is 0 Å². The van der Waals surface area contributed by atoms with Crippen LogP contribution >= 0.6 is 0 Å². The fourth-order valence-corrected chi connectivity index (χ4v) is 3.46. The van der Waals surface area contributed by atoms with Crippen LogP contribution < -0.4 is 9.47 Å². The molecule has 2 atom stereocenters. The summed E-state index contributed by atoms with van der Waals surface area (Å²) in [5.41, 5.74) is 0.451. The average molecular weight is 420 g/mol. The smallest absolute Gasteiger partial charge is 0.226 e. The topological polar surface area (TPSA) is 102 Å². The molecule has 0 aromatic heterocycles. The minimum Gasteiger partial charge on any atom is -0.507 e. The number of hydrogen-bond donors (Lipinski definition) is 1. The van der Waals surface area contributed by atoms with E-state index in [1.165, 1.54) is 59.8 Å². The Bertz CT molecular complexity index is 915. The van der Waals surface area contributed by atoms with Crippen LogP contribution in [0.2, 0.25) is 0 Å². The van der Waals surface area contributed by atoms with Crippen LogP contribution in [-0.2, 0) is 23.7 Å². The third-order valence-electron chi connectivity index (χ3n) is 4.87. The van der Waals surface area contributed by atoms with Gasteiger partial charge in [0.2, 0.25) is 5.79 Å². The van der Waals surface area contributed by atoms with E-state index < -0.39 is 17.7 Å². The molecule has 9 heteroatoms. The van der Waals surface area contributed by atoms with E-state index in [0.717, 1.165) is 0 Å². The number of phenolic OH excluding ortho intramolecular Hbond substituents is 1. The maximum absolute atomic E-state index is 12.8. The van der Waals surface area contributed by atoms with Crippen LogP contribution in [0, 0.1) is 0 Å². The van der Waals surface area contributed by atoms with E-state index in [1.807, 2.05) is 0 Å². The van der Waals surface area contributed by atoms with Crippen LogP contribution in [0.5, 0.6) is 17.2 Å². The fraction of sp³-hybridized carbons (Fsp3) is 0.381. The first-order chi connectivity index (χ1) is 14.4. The van der Waals surface area contributed by atoms with Crippen molar-refractivity contribution in [2.75, 3.05) is 42.3 Å². The molecular formula is C21H24O9. The molecule has 1 N–H and O–H groups in total. The number of methoxy groups -OCH3 is 5. The molecule has 0 radical (unpaired) electrons. The third kappa shape index (κ3) is 3.62. The fourth-order valence-electron chi connectivity index (χ4n) is 3.46. The Balaban J connectivity index is 2.20. The van der Waals surface area contributed by atoms with Crippen LogP contribution in [0.3, 0.4) is 0 Å². The molecular weight excluding hydrogens is 396 g/mol. The summed E-state index contributed by atoms with van der Waals surface area (Å²) in [5.74, 6) is -1.16. The van der Waals surface area contributed by atoms with Gasteiger partial charge in [0.15, 0.2) is 30.2 Å². The van der Waals surface area contributed by atoms with Gasteiger partial charge < -0.3 is 38.3 Å². The molecule has 4 bridgehead atoms. The summed E-state index contributed by atoms with van der Waals surface area (Å²) in [6.45, 7) is -0.267. The van der Waals surface area contributed by atoms with Gasteiger partial charge in [-0.2, -0.15) is 0 Å². The molecule has 2 aliphatic heterocycles. The second kappa shape index (κ2) is 8.78.